The lowest BCUT2D eigenvalue weighted by Gasteiger charge is -2.16. The van der Waals surface area contributed by atoms with Crippen molar-refractivity contribution in [2.24, 2.45) is 0 Å². The van der Waals surface area contributed by atoms with Crippen LogP contribution in [0.25, 0.3) is 0 Å². The van der Waals surface area contributed by atoms with Crippen LogP contribution in [0, 0.1) is 6.92 Å². The summed E-state index contributed by atoms with van der Waals surface area (Å²) in [6.45, 7) is 3.19. The molecule has 3 aromatic rings. The second kappa shape index (κ2) is 10.5. The number of hydrogen-bond donors (Lipinski definition) is 3. The molecule has 0 bridgehead atoms. The van der Waals surface area contributed by atoms with Crippen molar-refractivity contribution in [2.45, 2.75) is 25.3 Å². The molecule has 1 aromatic carbocycles. The van der Waals surface area contributed by atoms with Gasteiger partial charge in [-0.1, -0.05) is 5.16 Å². The fraction of sp³-hybridized carbons (Fsp3) is 0.238. The van der Waals surface area contributed by atoms with Crippen molar-refractivity contribution in [2.75, 3.05) is 21.7 Å². The number of alkyl halides is 3. The number of nitrogens with one attached hydrogen (secondary N) is 3. The summed E-state index contributed by atoms with van der Waals surface area (Å²) in [6, 6.07) is 7.30. The molecule has 13 heteroatoms. The molecule has 0 radical (unpaired) electrons. The van der Waals surface area contributed by atoms with Gasteiger partial charge in [0.15, 0.2) is 11.6 Å². The van der Waals surface area contributed by atoms with Gasteiger partial charge in [-0.15, -0.1) is 11.8 Å². The number of nitrogens with zero attached hydrogens (tertiary/aromatic N) is 1. The Labute approximate surface area is 195 Å². The largest absolute Gasteiger partial charge is 0.459 e. The van der Waals surface area contributed by atoms with Gasteiger partial charge in [0.2, 0.25) is 11.8 Å². The maximum atomic E-state index is 13.6. The number of carbonyl (C=O) groups excluding carboxylic acids is 3. The molecule has 34 heavy (non-hydrogen) atoms. The van der Waals surface area contributed by atoms with E-state index < -0.39 is 40.4 Å². The molecule has 0 fully saturated rings. The van der Waals surface area contributed by atoms with Crippen LogP contribution >= 0.6 is 11.8 Å². The van der Waals surface area contributed by atoms with Gasteiger partial charge in [0.25, 0.3) is 5.91 Å². The third kappa shape index (κ3) is 6.63. The lowest BCUT2D eigenvalue weighted by Crippen LogP contribution is -2.25. The number of rotatable bonds is 8. The van der Waals surface area contributed by atoms with Crippen LogP contribution < -0.4 is 16.0 Å². The Morgan fingerprint density at radius 3 is 2.50 bits per heavy atom. The van der Waals surface area contributed by atoms with Crippen molar-refractivity contribution in [1.29, 1.82) is 0 Å². The number of amides is 3. The number of carbonyl (C=O) groups is 3. The van der Waals surface area contributed by atoms with Crippen LogP contribution in [0.3, 0.4) is 0 Å². The molecule has 180 valence electrons. The van der Waals surface area contributed by atoms with Gasteiger partial charge in [-0.3, -0.25) is 14.4 Å². The van der Waals surface area contributed by atoms with E-state index in [1.54, 1.807) is 6.92 Å². The molecule has 0 saturated heterocycles. The van der Waals surface area contributed by atoms with E-state index in [9.17, 15) is 27.6 Å². The molecule has 1 unspecified atom stereocenters. The van der Waals surface area contributed by atoms with Crippen molar-refractivity contribution in [1.82, 2.24) is 5.16 Å². The molecule has 3 N–H and O–H groups in total. The van der Waals surface area contributed by atoms with Crippen LogP contribution in [0.5, 0.6) is 0 Å². The number of aryl methyl sites for hydroxylation is 1. The highest BCUT2D eigenvalue weighted by atomic mass is 32.2. The van der Waals surface area contributed by atoms with Crippen molar-refractivity contribution in [3.8, 4) is 0 Å². The number of benzene rings is 1. The summed E-state index contributed by atoms with van der Waals surface area (Å²) < 4.78 is 50.4. The van der Waals surface area contributed by atoms with Gasteiger partial charge in [-0.2, -0.15) is 13.2 Å². The maximum Gasteiger partial charge on any atom is 0.418 e. The van der Waals surface area contributed by atoms with E-state index in [-0.39, 0.29) is 23.0 Å². The molecule has 0 aliphatic rings. The van der Waals surface area contributed by atoms with E-state index in [0.717, 1.165) is 17.8 Å². The van der Waals surface area contributed by atoms with E-state index >= 15 is 0 Å². The molecule has 2 aromatic heterocycles. The van der Waals surface area contributed by atoms with Gasteiger partial charge in [0.1, 0.15) is 5.76 Å². The van der Waals surface area contributed by atoms with Gasteiger partial charge in [-0.05, 0) is 44.2 Å². The molecule has 0 aliphatic carbocycles. The molecule has 3 rings (SSSR count). The molecule has 2 heterocycles. The van der Waals surface area contributed by atoms with Gasteiger partial charge in [0.05, 0.1) is 28.5 Å². The number of furan rings is 1. The highest BCUT2D eigenvalue weighted by Crippen LogP contribution is 2.37. The maximum absolute atomic E-state index is 13.6. The molecule has 0 saturated carbocycles. The number of aromatic nitrogens is 1. The minimum Gasteiger partial charge on any atom is -0.459 e. The molecule has 0 aliphatic heterocycles. The molecule has 0 spiro atoms. The van der Waals surface area contributed by atoms with E-state index in [0.29, 0.717) is 11.8 Å². The smallest absolute Gasteiger partial charge is 0.418 e. The number of anilines is 3. The first-order valence-corrected chi connectivity index (χ1v) is 10.8. The lowest BCUT2D eigenvalue weighted by molar-refractivity contribution is -0.137. The third-order valence-electron chi connectivity index (χ3n) is 4.31. The highest BCUT2D eigenvalue weighted by Gasteiger charge is 2.34. The van der Waals surface area contributed by atoms with E-state index in [1.165, 1.54) is 37.5 Å². The van der Waals surface area contributed by atoms with E-state index in [2.05, 4.69) is 21.1 Å². The summed E-state index contributed by atoms with van der Waals surface area (Å²) in [5.41, 5.74) is -1.76. The van der Waals surface area contributed by atoms with Crippen LogP contribution in [-0.4, -0.2) is 33.9 Å². The quantitative estimate of drug-likeness (QED) is 0.418. The first kappa shape index (κ1) is 24.9. The van der Waals surface area contributed by atoms with Crippen LogP contribution in [0.4, 0.5) is 30.4 Å². The normalized spacial score (nSPS) is 12.1. The second-order valence-electron chi connectivity index (χ2n) is 7.00. The van der Waals surface area contributed by atoms with Crippen molar-refractivity contribution in [3.05, 3.63) is 59.7 Å². The van der Waals surface area contributed by atoms with E-state index in [4.69, 9.17) is 8.94 Å². The fourth-order valence-corrected chi connectivity index (χ4v) is 3.37. The Morgan fingerprint density at radius 2 is 1.88 bits per heavy atom. The average molecular weight is 496 g/mol. The van der Waals surface area contributed by atoms with Gasteiger partial charge in [-0.25, -0.2) is 0 Å². The fourth-order valence-electron chi connectivity index (χ4n) is 2.68. The van der Waals surface area contributed by atoms with Gasteiger partial charge >= 0.3 is 6.18 Å². The van der Waals surface area contributed by atoms with Crippen molar-refractivity contribution in [3.63, 3.8) is 0 Å². The first-order chi connectivity index (χ1) is 16.0. The van der Waals surface area contributed by atoms with Crippen LogP contribution in [0.15, 0.2) is 51.6 Å². The van der Waals surface area contributed by atoms with Gasteiger partial charge < -0.3 is 24.9 Å². The average Bonchev–Trinajstić information content (AvgIpc) is 3.44. The summed E-state index contributed by atoms with van der Waals surface area (Å²) in [5.74, 6) is -1.53. The summed E-state index contributed by atoms with van der Waals surface area (Å²) >= 11 is 0.930. The molecular weight excluding hydrogens is 477 g/mol. The Morgan fingerprint density at radius 1 is 1.12 bits per heavy atom. The Balaban J connectivity index is 1.61. The summed E-state index contributed by atoms with van der Waals surface area (Å²) in [7, 11) is 0. The zero-order valence-electron chi connectivity index (χ0n) is 17.9. The predicted octanol–water partition coefficient (Wildman–Crippen LogP) is 4.55. The zero-order valence-corrected chi connectivity index (χ0v) is 18.7. The molecule has 9 nitrogen and oxygen atoms in total. The summed E-state index contributed by atoms with van der Waals surface area (Å²) in [5, 5.41) is 9.96. The highest BCUT2D eigenvalue weighted by molar-refractivity contribution is 8.01. The van der Waals surface area contributed by atoms with Gasteiger partial charge in [0, 0.05) is 11.8 Å². The molecule has 3 amide bonds. The standard InChI is InChI=1S/C21H19F3N4O5S/c1-11-8-17(28-33-11)27-19(30)12(2)34-10-18(29)26-15-6-5-13(9-14(15)21(22,23)24)25-20(31)16-4-3-7-32-16/h3-9,12H,10H2,1-2H3,(H,25,31)(H,26,29)(H,27,28,30). The number of hydrogen-bond acceptors (Lipinski definition) is 7. The Hall–Kier alpha value is -3.74. The lowest BCUT2D eigenvalue weighted by atomic mass is 10.1. The SMILES string of the molecule is Cc1cc(NC(=O)C(C)SCC(=O)Nc2ccc(NC(=O)c3ccco3)cc2C(F)(F)F)no1. The van der Waals surface area contributed by atoms with Crippen molar-refractivity contribution >= 4 is 46.7 Å². The second-order valence-corrected chi connectivity index (χ2v) is 8.33. The molecular formula is C21H19F3N4O5S. The van der Waals surface area contributed by atoms with Crippen molar-refractivity contribution < 1.29 is 36.5 Å². The summed E-state index contributed by atoms with van der Waals surface area (Å²) in [6.07, 6.45) is -3.55. The summed E-state index contributed by atoms with van der Waals surface area (Å²) in [4.78, 5) is 36.4. The Bertz CT molecular complexity index is 1180. The first-order valence-electron chi connectivity index (χ1n) is 9.74. The number of halogens is 3. The number of thioether (sulfide) groups is 1. The minimum atomic E-state index is -4.80. The Kier molecular flexibility index (Phi) is 7.66. The monoisotopic (exact) mass is 496 g/mol. The van der Waals surface area contributed by atoms with E-state index in [1.807, 2.05) is 0 Å². The minimum absolute atomic E-state index is 0.0696. The third-order valence-corrected chi connectivity index (χ3v) is 5.46. The zero-order chi connectivity index (χ0) is 24.9. The molecule has 1 atom stereocenters. The topological polar surface area (TPSA) is 126 Å². The van der Waals surface area contributed by atoms with Crippen LogP contribution in [0.2, 0.25) is 0 Å². The predicted molar refractivity (Wildman–Crippen MR) is 119 cm³/mol. The van der Waals surface area contributed by atoms with Crippen LogP contribution in [-0.2, 0) is 15.8 Å². The van der Waals surface area contributed by atoms with Crippen LogP contribution in [0.1, 0.15) is 28.8 Å².